The lowest BCUT2D eigenvalue weighted by Crippen LogP contribution is -2.40. The first-order chi connectivity index (χ1) is 17.4. The van der Waals surface area contributed by atoms with E-state index in [1.807, 2.05) is 0 Å². The highest BCUT2D eigenvalue weighted by atomic mass is 16.5. The summed E-state index contributed by atoms with van der Waals surface area (Å²) < 4.78 is 11.8. The topological polar surface area (TPSA) is 103 Å². The molecule has 2 aliphatic carbocycles. The minimum absolute atomic E-state index is 0.0658. The third-order valence-electron chi connectivity index (χ3n) is 7.17. The summed E-state index contributed by atoms with van der Waals surface area (Å²) in [4.78, 5) is 43.5. The molecule has 0 aliphatic heterocycles. The van der Waals surface area contributed by atoms with E-state index in [0.29, 0.717) is 28.2 Å². The Morgan fingerprint density at radius 2 is 1.67 bits per heavy atom. The second-order valence-electron chi connectivity index (χ2n) is 9.44. The summed E-state index contributed by atoms with van der Waals surface area (Å²) in [5.74, 6) is -0.594. The summed E-state index contributed by atoms with van der Waals surface area (Å²) in [6.45, 7) is 0. The van der Waals surface area contributed by atoms with Crippen molar-refractivity contribution >= 4 is 17.5 Å². The van der Waals surface area contributed by atoms with Gasteiger partial charge in [-0.25, -0.2) is 0 Å². The Morgan fingerprint density at radius 1 is 0.944 bits per heavy atom. The molecule has 7 nitrogen and oxygen atoms in total. The number of Topliss-reactive ketones (excluding diaryl/α,β-unsaturated/α-hetero) is 2. The van der Waals surface area contributed by atoms with Crippen molar-refractivity contribution in [2.45, 2.75) is 50.0 Å². The highest BCUT2D eigenvalue weighted by Gasteiger charge is 2.54. The largest absolute Gasteiger partial charge is 0.493 e. The number of carboxylic acids is 1. The molecule has 1 atom stereocenters. The second kappa shape index (κ2) is 9.57. The van der Waals surface area contributed by atoms with Crippen LogP contribution >= 0.6 is 0 Å². The van der Waals surface area contributed by atoms with Crippen LogP contribution in [0.4, 0.5) is 0 Å². The first kappa shape index (κ1) is 23.7. The van der Waals surface area contributed by atoms with E-state index in [2.05, 4.69) is 4.98 Å². The average Bonchev–Trinajstić information content (AvgIpc) is 3.46. The molecule has 36 heavy (non-hydrogen) atoms. The molecule has 0 amide bonds. The lowest BCUT2D eigenvalue weighted by molar-refractivity contribution is -0.136. The van der Waals surface area contributed by atoms with Crippen LogP contribution in [-0.4, -0.2) is 40.8 Å². The number of pyridine rings is 1. The standard InChI is InChI=1S/C29H27NO6/c1-35-24-9-7-20(16-25(24)36-21-4-2-3-5-21)29(17-18-10-12-30-13-11-18)27(33)22-8-6-19(15-26(31)32)14-23(22)28(29)34/h6-14,16,21H,2-5,15,17H2,1H3,(H,31,32). The van der Waals surface area contributed by atoms with Crippen molar-refractivity contribution in [1.82, 2.24) is 4.98 Å². The van der Waals surface area contributed by atoms with Crippen LogP contribution < -0.4 is 9.47 Å². The molecule has 0 spiro atoms. The van der Waals surface area contributed by atoms with Gasteiger partial charge in [0, 0.05) is 23.5 Å². The zero-order valence-electron chi connectivity index (χ0n) is 20.0. The average molecular weight is 486 g/mol. The molecule has 0 bridgehead atoms. The molecule has 3 aromatic rings. The van der Waals surface area contributed by atoms with Gasteiger partial charge in [0.1, 0.15) is 5.41 Å². The van der Waals surface area contributed by atoms with Crippen molar-refractivity contribution in [3.63, 3.8) is 0 Å². The number of ether oxygens (including phenoxy) is 2. The van der Waals surface area contributed by atoms with E-state index < -0.39 is 11.4 Å². The van der Waals surface area contributed by atoms with Gasteiger partial charge in [0.15, 0.2) is 23.1 Å². The number of aliphatic carboxylic acids is 1. The summed E-state index contributed by atoms with van der Waals surface area (Å²) in [7, 11) is 1.56. The molecule has 1 aromatic heterocycles. The van der Waals surface area contributed by atoms with Gasteiger partial charge < -0.3 is 14.6 Å². The van der Waals surface area contributed by atoms with Crippen molar-refractivity contribution in [2.75, 3.05) is 7.11 Å². The van der Waals surface area contributed by atoms with Gasteiger partial charge >= 0.3 is 5.97 Å². The van der Waals surface area contributed by atoms with Crippen LogP contribution in [0.15, 0.2) is 60.9 Å². The summed E-state index contributed by atoms with van der Waals surface area (Å²) in [5.41, 5.74) is 0.839. The first-order valence-corrected chi connectivity index (χ1v) is 12.1. The Labute approximate surface area is 209 Å². The molecule has 1 fully saturated rings. The molecule has 2 aromatic carbocycles. The van der Waals surface area contributed by atoms with Crippen LogP contribution in [-0.2, 0) is 23.1 Å². The summed E-state index contributed by atoms with van der Waals surface area (Å²) >= 11 is 0. The van der Waals surface area contributed by atoms with Gasteiger partial charge in [-0.1, -0.05) is 18.2 Å². The van der Waals surface area contributed by atoms with Crippen LogP contribution in [0.5, 0.6) is 11.5 Å². The molecule has 1 heterocycles. The molecule has 1 N–H and O–H groups in total. The molecule has 0 saturated heterocycles. The van der Waals surface area contributed by atoms with Gasteiger partial charge in [0.05, 0.1) is 19.6 Å². The zero-order chi connectivity index (χ0) is 25.3. The van der Waals surface area contributed by atoms with E-state index in [1.54, 1.807) is 62.0 Å². The van der Waals surface area contributed by atoms with E-state index in [0.717, 1.165) is 31.2 Å². The first-order valence-electron chi connectivity index (χ1n) is 12.1. The predicted octanol–water partition coefficient (Wildman–Crippen LogP) is 4.60. The number of ketones is 2. The lowest BCUT2D eigenvalue weighted by Gasteiger charge is -2.28. The number of hydrogen-bond donors (Lipinski definition) is 1. The van der Waals surface area contributed by atoms with Crippen LogP contribution in [0, 0.1) is 0 Å². The zero-order valence-corrected chi connectivity index (χ0v) is 20.0. The number of carbonyl (C=O) groups is 3. The highest BCUT2D eigenvalue weighted by molar-refractivity contribution is 6.33. The maximum absolute atomic E-state index is 14.1. The fourth-order valence-corrected chi connectivity index (χ4v) is 5.38. The molecule has 184 valence electrons. The number of hydrogen-bond acceptors (Lipinski definition) is 6. The normalized spacial score (nSPS) is 19.4. The SMILES string of the molecule is COc1ccc(C2(Cc3ccncc3)C(=O)c3ccc(CC(=O)O)cc3C2=O)cc1OC1CCCC1. The number of fused-ring (bicyclic) bond motifs is 1. The van der Waals surface area contributed by atoms with E-state index in [-0.39, 0.29) is 36.1 Å². The Kier molecular flexibility index (Phi) is 6.31. The van der Waals surface area contributed by atoms with E-state index in [9.17, 15) is 19.5 Å². The number of carboxylic acid groups (broad SMARTS) is 1. The van der Waals surface area contributed by atoms with Crippen LogP contribution in [0.25, 0.3) is 0 Å². The van der Waals surface area contributed by atoms with Crippen molar-refractivity contribution in [3.8, 4) is 11.5 Å². The summed E-state index contributed by atoms with van der Waals surface area (Å²) in [6, 6.07) is 13.6. The summed E-state index contributed by atoms with van der Waals surface area (Å²) in [6.07, 6.45) is 7.35. The van der Waals surface area contributed by atoms with E-state index >= 15 is 0 Å². The number of aromatic nitrogens is 1. The van der Waals surface area contributed by atoms with Gasteiger partial charge in [-0.05, 0) is 79.1 Å². The maximum atomic E-state index is 14.1. The maximum Gasteiger partial charge on any atom is 0.307 e. The van der Waals surface area contributed by atoms with E-state index in [4.69, 9.17) is 9.47 Å². The molecule has 7 heteroatoms. The third kappa shape index (κ3) is 4.15. The number of nitrogens with zero attached hydrogens (tertiary/aromatic N) is 1. The van der Waals surface area contributed by atoms with Gasteiger partial charge in [0.2, 0.25) is 0 Å². The third-order valence-corrected chi connectivity index (χ3v) is 7.17. The van der Waals surface area contributed by atoms with Crippen molar-refractivity contribution in [3.05, 3.63) is 88.7 Å². The molecule has 1 saturated carbocycles. The number of methoxy groups -OCH3 is 1. The molecule has 1 unspecified atom stereocenters. The fourth-order valence-electron chi connectivity index (χ4n) is 5.38. The molecule has 2 aliphatic rings. The van der Waals surface area contributed by atoms with E-state index in [1.165, 1.54) is 6.07 Å². The molecule has 5 rings (SSSR count). The smallest absolute Gasteiger partial charge is 0.307 e. The van der Waals surface area contributed by atoms with Crippen molar-refractivity contribution < 1.29 is 29.0 Å². The Balaban J connectivity index is 1.64. The minimum atomic E-state index is -1.51. The monoisotopic (exact) mass is 485 g/mol. The van der Waals surface area contributed by atoms with Gasteiger partial charge in [-0.2, -0.15) is 0 Å². The molecular weight excluding hydrogens is 458 g/mol. The number of carbonyl (C=O) groups excluding carboxylic acids is 2. The van der Waals surface area contributed by atoms with Gasteiger partial charge in [-0.15, -0.1) is 0 Å². The predicted molar refractivity (Wildman–Crippen MR) is 132 cm³/mol. The Bertz CT molecular complexity index is 1330. The summed E-state index contributed by atoms with van der Waals surface area (Å²) in [5, 5.41) is 9.22. The Morgan fingerprint density at radius 3 is 2.36 bits per heavy atom. The lowest BCUT2D eigenvalue weighted by atomic mass is 9.71. The second-order valence-corrected chi connectivity index (χ2v) is 9.44. The molecular formula is C29H27NO6. The quantitative estimate of drug-likeness (QED) is 0.465. The number of benzene rings is 2. The van der Waals surface area contributed by atoms with Crippen molar-refractivity contribution in [1.29, 1.82) is 0 Å². The number of rotatable bonds is 8. The van der Waals surface area contributed by atoms with Crippen molar-refractivity contribution in [2.24, 2.45) is 0 Å². The Hall–Kier alpha value is -4.00. The van der Waals surface area contributed by atoms with Crippen LogP contribution in [0.1, 0.15) is 63.1 Å². The van der Waals surface area contributed by atoms with Crippen LogP contribution in [0.2, 0.25) is 0 Å². The van der Waals surface area contributed by atoms with Gasteiger partial charge in [0.25, 0.3) is 0 Å². The van der Waals surface area contributed by atoms with Gasteiger partial charge in [-0.3, -0.25) is 19.4 Å². The minimum Gasteiger partial charge on any atom is -0.493 e. The molecule has 0 radical (unpaired) electrons. The van der Waals surface area contributed by atoms with Crippen LogP contribution in [0.3, 0.4) is 0 Å². The fraction of sp³-hybridized carbons (Fsp3) is 0.310. The highest BCUT2D eigenvalue weighted by Crippen LogP contribution is 2.45.